The number of aliphatic imine (C=N–C) groups is 1. The van der Waals surface area contributed by atoms with Gasteiger partial charge in [-0.1, -0.05) is 26.3 Å². The second-order valence-corrected chi connectivity index (χ2v) is 3.15. The smallest absolute Gasteiger partial charge is 0.0468 e. The van der Waals surface area contributed by atoms with Crippen molar-refractivity contribution in [3.05, 3.63) is 11.6 Å². The molecule has 0 aliphatic heterocycles. The van der Waals surface area contributed by atoms with Crippen LogP contribution in [0.25, 0.3) is 0 Å². The molecule has 0 fully saturated rings. The van der Waals surface area contributed by atoms with E-state index in [1.165, 1.54) is 12.0 Å². The minimum Gasteiger partial charge on any atom is -0.290 e. The molecule has 1 unspecified atom stereocenters. The summed E-state index contributed by atoms with van der Waals surface area (Å²) in [6.07, 6.45) is 7.65. The molecule has 0 heterocycles. The Morgan fingerprint density at radius 2 is 2.08 bits per heavy atom. The molecule has 0 spiro atoms. The molecule has 0 radical (unpaired) electrons. The molecule has 0 saturated carbocycles. The highest BCUT2D eigenvalue weighted by atomic mass is 14.7. The Bertz CT molecular complexity index is 156. The summed E-state index contributed by atoms with van der Waals surface area (Å²) in [5.74, 6) is 0. The van der Waals surface area contributed by atoms with Gasteiger partial charge in [0.2, 0.25) is 0 Å². The van der Waals surface area contributed by atoms with Gasteiger partial charge < -0.3 is 0 Å². The Hall–Kier alpha value is -0.590. The summed E-state index contributed by atoms with van der Waals surface area (Å²) in [6.45, 7) is 8.58. The van der Waals surface area contributed by atoms with E-state index in [1.807, 2.05) is 6.21 Å². The lowest BCUT2D eigenvalue weighted by atomic mass is 10.1. The van der Waals surface area contributed by atoms with Gasteiger partial charge in [-0.05, 0) is 32.3 Å². The van der Waals surface area contributed by atoms with Crippen LogP contribution in [0.2, 0.25) is 0 Å². The summed E-state index contributed by atoms with van der Waals surface area (Å²) >= 11 is 0. The summed E-state index contributed by atoms with van der Waals surface area (Å²) in [7, 11) is 0. The predicted octanol–water partition coefficient (Wildman–Crippen LogP) is 3.60. The maximum atomic E-state index is 4.44. The standard InChI is InChI=1S/C11H21N/c1-5-8-11(7-3)9-12-10(4)6-2/h7,9-10H,5-6,8H2,1-4H3/b11-7-,12-9-. The molecule has 0 bridgehead atoms. The molecular formula is C11H21N. The number of hydrogen-bond donors (Lipinski definition) is 0. The van der Waals surface area contributed by atoms with Crippen molar-refractivity contribution in [3.63, 3.8) is 0 Å². The van der Waals surface area contributed by atoms with Gasteiger partial charge in [0.05, 0.1) is 0 Å². The molecule has 0 amide bonds. The molecule has 1 atom stereocenters. The Kier molecular flexibility index (Phi) is 6.73. The van der Waals surface area contributed by atoms with Gasteiger partial charge in [0, 0.05) is 12.3 Å². The lowest BCUT2D eigenvalue weighted by molar-refractivity contribution is 0.719. The van der Waals surface area contributed by atoms with Gasteiger partial charge in [-0.25, -0.2) is 0 Å². The highest BCUT2D eigenvalue weighted by Gasteiger charge is 1.93. The molecule has 0 aliphatic carbocycles. The van der Waals surface area contributed by atoms with Gasteiger partial charge in [0.15, 0.2) is 0 Å². The van der Waals surface area contributed by atoms with Crippen LogP contribution in [0.15, 0.2) is 16.6 Å². The Balaban J connectivity index is 3.93. The number of rotatable bonds is 5. The van der Waals surface area contributed by atoms with Crippen molar-refractivity contribution in [2.45, 2.75) is 53.0 Å². The van der Waals surface area contributed by atoms with Crippen LogP contribution in [-0.2, 0) is 0 Å². The van der Waals surface area contributed by atoms with Gasteiger partial charge in [0.1, 0.15) is 0 Å². The first-order chi connectivity index (χ1) is 5.74. The SMILES string of the molecule is C/C=C(\C=N/C(C)CC)CCC. The van der Waals surface area contributed by atoms with E-state index in [4.69, 9.17) is 0 Å². The molecule has 0 saturated heterocycles. The van der Waals surface area contributed by atoms with Crippen LogP contribution in [0.4, 0.5) is 0 Å². The molecule has 0 aromatic carbocycles. The second-order valence-electron chi connectivity index (χ2n) is 3.15. The minimum atomic E-state index is 0.469. The van der Waals surface area contributed by atoms with E-state index >= 15 is 0 Å². The number of nitrogens with zero attached hydrogens (tertiary/aromatic N) is 1. The van der Waals surface area contributed by atoms with E-state index in [-0.39, 0.29) is 0 Å². The fourth-order valence-corrected chi connectivity index (χ4v) is 0.900. The summed E-state index contributed by atoms with van der Waals surface area (Å²) in [5, 5.41) is 0. The topological polar surface area (TPSA) is 12.4 Å². The summed E-state index contributed by atoms with van der Waals surface area (Å²) in [4.78, 5) is 4.44. The van der Waals surface area contributed by atoms with E-state index in [0.29, 0.717) is 6.04 Å². The van der Waals surface area contributed by atoms with Gasteiger partial charge in [0.25, 0.3) is 0 Å². The quantitative estimate of drug-likeness (QED) is 0.555. The first-order valence-electron chi connectivity index (χ1n) is 4.92. The van der Waals surface area contributed by atoms with Crippen molar-refractivity contribution in [1.29, 1.82) is 0 Å². The molecule has 1 nitrogen and oxygen atoms in total. The van der Waals surface area contributed by atoms with Gasteiger partial charge in [-0.3, -0.25) is 4.99 Å². The van der Waals surface area contributed by atoms with Crippen molar-refractivity contribution >= 4 is 6.21 Å². The van der Waals surface area contributed by atoms with E-state index in [9.17, 15) is 0 Å². The van der Waals surface area contributed by atoms with Crippen LogP contribution >= 0.6 is 0 Å². The molecule has 1 heteroatoms. The number of hydrogen-bond acceptors (Lipinski definition) is 1. The summed E-state index contributed by atoms with van der Waals surface area (Å²) in [5.41, 5.74) is 1.36. The van der Waals surface area contributed by atoms with Crippen molar-refractivity contribution in [2.24, 2.45) is 4.99 Å². The van der Waals surface area contributed by atoms with Crippen LogP contribution in [-0.4, -0.2) is 12.3 Å². The average molecular weight is 167 g/mol. The molecule has 70 valence electrons. The van der Waals surface area contributed by atoms with E-state index in [1.54, 1.807) is 0 Å². The lowest BCUT2D eigenvalue weighted by Gasteiger charge is -2.01. The third kappa shape index (κ3) is 5.11. The third-order valence-corrected chi connectivity index (χ3v) is 2.00. The van der Waals surface area contributed by atoms with Crippen LogP contribution in [0.1, 0.15) is 47.0 Å². The minimum absolute atomic E-state index is 0.469. The zero-order valence-electron chi connectivity index (χ0n) is 8.80. The second kappa shape index (κ2) is 7.08. The molecule has 0 aliphatic rings. The van der Waals surface area contributed by atoms with Gasteiger partial charge in [-0.15, -0.1) is 0 Å². The monoisotopic (exact) mass is 167 g/mol. The Morgan fingerprint density at radius 3 is 2.50 bits per heavy atom. The maximum Gasteiger partial charge on any atom is 0.0468 e. The van der Waals surface area contributed by atoms with Crippen LogP contribution < -0.4 is 0 Å². The maximum absolute atomic E-state index is 4.44. The van der Waals surface area contributed by atoms with Crippen molar-refractivity contribution in [3.8, 4) is 0 Å². The van der Waals surface area contributed by atoms with E-state index < -0.39 is 0 Å². The zero-order valence-corrected chi connectivity index (χ0v) is 8.80. The van der Waals surface area contributed by atoms with Gasteiger partial charge >= 0.3 is 0 Å². The summed E-state index contributed by atoms with van der Waals surface area (Å²) in [6, 6.07) is 0.469. The molecule has 12 heavy (non-hydrogen) atoms. The lowest BCUT2D eigenvalue weighted by Crippen LogP contribution is -1.96. The molecule has 0 rings (SSSR count). The largest absolute Gasteiger partial charge is 0.290 e. The van der Waals surface area contributed by atoms with Crippen molar-refractivity contribution < 1.29 is 0 Å². The first-order valence-corrected chi connectivity index (χ1v) is 4.92. The highest BCUT2D eigenvalue weighted by Crippen LogP contribution is 2.03. The predicted molar refractivity (Wildman–Crippen MR) is 56.9 cm³/mol. The fourth-order valence-electron chi connectivity index (χ4n) is 0.900. The first kappa shape index (κ1) is 11.4. The van der Waals surface area contributed by atoms with Crippen LogP contribution in [0.5, 0.6) is 0 Å². The van der Waals surface area contributed by atoms with E-state index in [0.717, 1.165) is 12.8 Å². The summed E-state index contributed by atoms with van der Waals surface area (Å²) < 4.78 is 0. The molecular weight excluding hydrogens is 146 g/mol. The molecule has 0 aromatic heterocycles. The van der Waals surface area contributed by atoms with E-state index in [2.05, 4.69) is 38.8 Å². The zero-order chi connectivity index (χ0) is 9.40. The van der Waals surface area contributed by atoms with Gasteiger partial charge in [-0.2, -0.15) is 0 Å². The number of allylic oxidation sites excluding steroid dienone is 2. The average Bonchev–Trinajstić information content (AvgIpc) is 2.11. The fraction of sp³-hybridized carbons (Fsp3) is 0.727. The molecule has 0 N–H and O–H groups in total. The Morgan fingerprint density at radius 1 is 1.42 bits per heavy atom. The Labute approximate surface area is 76.6 Å². The highest BCUT2D eigenvalue weighted by molar-refractivity contribution is 5.78. The van der Waals surface area contributed by atoms with Crippen molar-refractivity contribution in [1.82, 2.24) is 0 Å². The van der Waals surface area contributed by atoms with Crippen molar-refractivity contribution in [2.75, 3.05) is 0 Å². The third-order valence-electron chi connectivity index (χ3n) is 2.00. The molecule has 0 aromatic rings. The van der Waals surface area contributed by atoms with Crippen LogP contribution in [0, 0.1) is 0 Å². The normalized spacial score (nSPS) is 15.5. The van der Waals surface area contributed by atoms with Crippen LogP contribution in [0.3, 0.4) is 0 Å².